The molecule has 0 N–H and O–H groups in total. The molecule has 0 amide bonds. The SMILES string of the molecule is CC[n+]1c(N=NS(=O)(=O)c2ccccc2)ccc2ccccc21. The van der Waals surface area contributed by atoms with Crippen molar-refractivity contribution in [3.05, 3.63) is 66.7 Å². The summed E-state index contributed by atoms with van der Waals surface area (Å²) < 4.78 is 29.9. The van der Waals surface area contributed by atoms with Gasteiger partial charge in [0.25, 0.3) is 0 Å². The number of fused-ring (bicyclic) bond motifs is 1. The first kappa shape index (κ1) is 15.3. The first-order chi connectivity index (χ1) is 11.1. The number of aryl methyl sites for hydroxylation is 1. The Morgan fingerprint density at radius 3 is 2.35 bits per heavy atom. The van der Waals surface area contributed by atoms with E-state index in [1.165, 1.54) is 12.1 Å². The second-order valence-corrected chi connectivity index (χ2v) is 6.55. The van der Waals surface area contributed by atoms with Gasteiger partial charge in [0, 0.05) is 11.5 Å². The maximum absolute atomic E-state index is 12.2. The summed E-state index contributed by atoms with van der Waals surface area (Å²) in [5.41, 5.74) is 0.989. The molecule has 0 saturated carbocycles. The lowest BCUT2D eigenvalue weighted by Crippen LogP contribution is -2.33. The average Bonchev–Trinajstić information content (AvgIpc) is 2.60. The fourth-order valence-electron chi connectivity index (χ4n) is 2.41. The number of nitrogens with zero attached hydrogens (tertiary/aromatic N) is 3. The molecule has 2 aromatic carbocycles. The van der Waals surface area contributed by atoms with Gasteiger partial charge in [-0.3, -0.25) is 0 Å². The Hall–Kier alpha value is -2.60. The number of aromatic nitrogens is 1. The summed E-state index contributed by atoms with van der Waals surface area (Å²) in [5, 5.41) is 5.04. The Labute approximate surface area is 135 Å². The van der Waals surface area contributed by atoms with Crippen LogP contribution in [0.25, 0.3) is 10.9 Å². The predicted octanol–water partition coefficient (Wildman–Crippen LogP) is 3.62. The van der Waals surface area contributed by atoms with Crippen LogP contribution in [0.4, 0.5) is 5.82 Å². The Kier molecular flexibility index (Phi) is 4.16. The highest BCUT2D eigenvalue weighted by atomic mass is 32.2. The molecular weight excluding hydrogens is 310 g/mol. The fraction of sp³-hybridized carbons (Fsp3) is 0.118. The first-order valence-corrected chi connectivity index (χ1v) is 8.70. The van der Waals surface area contributed by atoms with Crippen LogP contribution in [0.2, 0.25) is 0 Å². The van der Waals surface area contributed by atoms with Gasteiger partial charge in [0.05, 0.1) is 21.1 Å². The third-order valence-corrected chi connectivity index (χ3v) is 4.69. The van der Waals surface area contributed by atoms with Gasteiger partial charge in [-0.2, -0.15) is 8.42 Å². The quantitative estimate of drug-likeness (QED) is 0.543. The van der Waals surface area contributed by atoms with Crippen molar-refractivity contribution in [3.63, 3.8) is 0 Å². The second kappa shape index (κ2) is 6.26. The summed E-state index contributed by atoms with van der Waals surface area (Å²) in [6.45, 7) is 2.65. The maximum atomic E-state index is 12.2. The van der Waals surface area contributed by atoms with Crippen molar-refractivity contribution < 1.29 is 13.0 Å². The zero-order chi connectivity index (χ0) is 16.3. The Morgan fingerprint density at radius 1 is 0.913 bits per heavy atom. The predicted molar refractivity (Wildman–Crippen MR) is 88.0 cm³/mol. The van der Waals surface area contributed by atoms with E-state index in [4.69, 9.17) is 0 Å². The van der Waals surface area contributed by atoms with Gasteiger partial charge < -0.3 is 0 Å². The number of benzene rings is 2. The van der Waals surface area contributed by atoms with E-state index >= 15 is 0 Å². The summed E-state index contributed by atoms with van der Waals surface area (Å²) >= 11 is 0. The minimum absolute atomic E-state index is 0.132. The number of hydrogen-bond donors (Lipinski definition) is 0. The summed E-state index contributed by atoms with van der Waals surface area (Å²) in [6, 6.07) is 19.6. The number of hydrogen-bond acceptors (Lipinski definition) is 3. The van der Waals surface area contributed by atoms with Crippen molar-refractivity contribution in [1.82, 2.24) is 0 Å². The van der Waals surface area contributed by atoms with Crippen molar-refractivity contribution in [2.75, 3.05) is 0 Å². The van der Waals surface area contributed by atoms with Crippen LogP contribution >= 0.6 is 0 Å². The van der Waals surface area contributed by atoms with Crippen LogP contribution in [-0.2, 0) is 16.6 Å². The molecule has 3 aromatic rings. The lowest BCUT2D eigenvalue weighted by atomic mass is 10.2. The van der Waals surface area contributed by atoms with Gasteiger partial charge in [-0.1, -0.05) is 36.4 Å². The molecule has 1 heterocycles. The molecule has 0 aliphatic rings. The number of sulfonamides is 1. The zero-order valence-corrected chi connectivity index (χ0v) is 13.4. The monoisotopic (exact) mass is 326 g/mol. The molecular formula is C17H16N3O2S+. The van der Waals surface area contributed by atoms with E-state index < -0.39 is 10.0 Å². The number of rotatable bonds is 4. The largest absolute Gasteiger partial charge is 0.352 e. The molecule has 0 atom stereocenters. The maximum Gasteiger partial charge on any atom is 0.352 e. The summed E-state index contributed by atoms with van der Waals surface area (Å²) in [4.78, 5) is 0.132. The van der Waals surface area contributed by atoms with E-state index in [0.717, 1.165) is 10.9 Å². The van der Waals surface area contributed by atoms with Crippen molar-refractivity contribution in [1.29, 1.82) is 0 Å². The van der Waals surface area contributed by atoms with E-state index in [9.17, 15) is 8.42 Å². The summed E-state index contributed by atoms with van der Waals surface area (Å²) in [5.74, 6) is 0.505. The molecule has 0 unspecified atom stereocenters. The van der Waals surface area contributed by atoms with Gasteiger partial charge in [0.15, 0.2) is 0 Å². The highest BCUT2D eigenvalue weighted by molar-refractivity contribution is 7.90. The highest BCUT2D eigenvalue weighted by Crippen LogP contribution is 2.18. The van der Waals surface area contributed by atoms with Crippen LogP contribution < -0.4 is 4.57 Å². The van der Waals surface area contributed by atoms with Crippen LogP contribution in [0.1, 0.15) is 6.92 Å². The van der Waals surface area contributed by atoms with Gasteiger partial charge in [0.1, 0.15) is 5.52 Å². The summed E-state index contributed by atoms with van der Waals surface area (Å²) in [6.07, 6.45) is 0. The molecule has 0 bridgehead atoms. The molecule has 0 spiro atoms. The molecule has 0 fully saturated rings. The van der Waals surface area contributed by atoms with E-state index in [1.807, 2.05) is 41.8 Å². The van der Waals surface area contributed by atoms with Crippen LogP contribution in [0, 0.1) is 0 Å². The second-order valence-electron chi connectivity index (χ2n) is 4.96. The van der Waals surface area contributed by atoms with Crippen LogP contribution in [0.15, 0.2) is 81.3 Å². The molecule has 0 aliphatic carbocycles. The topological polar surface area (TPSA) is 62.7 Å². The van der Waals surface area contributed by atoms with Crippen molar-refractivity contribution >= 4 is 26.7 Å². The van der Waals surface area contributed by atoms with Crippen molar-refractivity contribution in [2.45, 2.75) is 18.4 Å². The molecule has 5 nitrogen and oxygen atoms in total. The van der Waals surface area contributed by atoms with Crippen molar-refractivity contribution in [3.8, 4) is 0 Å². The van der Waals surface area contributed by atoms with Gasteiger partial charge in [-0.15, -0.1) is 0 Å². The van der Waals surface area contributed by atoms with Crippen molar-refractivity contribution in [2.24, 2.45) is 9.63 Å². The van der Waals surface area contributed by atoms with Gasteiger partial charge in [0.2, 0.25) is 0 Å². The van der Waals surface area contributed by atoms with E-state index in [0.29, 0.717) is 12.4 Å². The molecule has 1 aromatic heterocycles. The molecule has 0 aliphatic heterocycles. The smallest absolute Gasteiger partial charge is 0.222 e. The minimum atomic E-state index is -3.79. The molecule has 0 radical (unpaired) electrons. The highest BCUT2D eigenvalue weighted by Gasteiger charge is 2.18. The minimum Gasteiger partial charge on any atom is -0.222 e. The lowest BCUT2D eigenvalue weighted by molar-refractivity contribution is -0.655. The van der Waals surface area contributed by atoms with Gasteiger partial charge >= 0.3 is 15.8 Å². The average molecular weight is 326 g/mol. The molecule has 6 heteroatoms. The number of para-hydroxylation sites is 1. The van der Waals surface area contributed by atoms with Crippen LogP contribution in [-0.4, -0.2) is 8.42 Å². The molecule has 0 saturated heterocycles. The van der Waals surface area contributed by atoms with Gasteiger partial charge in [-0.25, -0.2) is 4.57 Å². The van der Waals surface area contributed by atoms with E-state index in [1.54, 1.807) is 24.3 Å². The molecule has 23 heavy (non-hydrogen) atoms. The van der Waals surface area contributed by atoms with Crippen LogP contribution in [0.5, 0.6) is 0 Å². The summed E-state index contributed by atoms with van der Waals surface area (Å²) in [7, 11) is -3.79. The lowest BCUT2D eigenvalue weighted by Gasteiger charge is -2.03. The van der Waals surface area contributed by atoms with E-state index in [-0.39, 0.29) is 4.90 Å². The fourth-order valence-corrected chi connectivity index (χ4v) is 3.19. The zero-order valence-electron chi connectivity index (χ0n) is 12.6. The first-order valence-electron chi connectivity index (χ1n) is 7.26. The van der Waals surface area contributed by atoms with Gasteiger partial charge in [-0.05, 0) is 31.2 Å². The van der Waals surface area contributed by atoms with E-state index in [2.05, 4.69) is 9.63 Å². The Balaban J connectivity index is 2.05. The normalized spacial score (nSPS) is 12.0. The molecule has 116 valence electrons. The number of pyridine rings is 1. The third-order valence-electron chi connectivity index (χ3n) is 3.52. The Morgan fingerprint density at radius 2 is 1.61 bits per heavy atom. The third kappa shape index (κ3) is 3.12. The Bertz CT molecular complexity index is 968. The van der Waals surface area contributed by atoms with Crippen LogP contribution in [0.3, 0.4) is 0 Å². The molecule has 3 rings (SSSR count). The standard InChI is InChI=1S/C17H16N3O2S/c1-2-20-16-11-7-6-8-14(16)12-13-17(20)18-19-23(21,22)15-9-4-3-5-10-15/h3-13H,2H2,1H3/q+1.